The average Bonchev–Trinajstić information content (AvgIpc) is 3.16. The fraction of sp³-hybridized carbons (Fsp3) is 0.370. The predicted molar refractivity (Wildman–Crippen MR) is 143 cm³/mol. The molecule has 0 radical (unpaired) electrons. The summed E-state index contributed by atoms with van der Waals surface area (Å²) in [6.07, 6.45) is 4.00. The second-order valence-corrected chi connectivity index (χ2v) is 9.29. The van der Waals surface area contributed by atoms with E-state index in [1.165, 1.54) is 0 Å². The Kier molecular flexibility index (Phi) is 10.2. The van der Waals surface area contributed by atoms with Gasteiger partial charge in [0.25, 0.3) is 0 Å². The highest BCUT2D eigenvalue weighted by Gasteiger charge is 2.19. The van der Waals surface area contributed by atoms with Crippen LogP contribution >= 0.6 is 24.2 Å². The number of carboxylic acid groups (broad SMARTS) is 1. The highest BCUT2D eigenvalue weighted by atomic mass is 35.5. The number of hydrogen-bond donors (Lipinski definition) is 3. The quantitative estimate of drug-likeness (QED) is 0.278. The average molecular weight is 514 g/mol. The molecule has 6 nitrogen and oxygen atoms in total. The van der Waals surface area contributed by atoms with Gasteiger partial charge in [0.15, 0.2) is 0 Å². The van der Waals surface area contributed by atoms with Gasteiger partial charge in [-0.15, -0.1) is 0 Å². The third kappa shape index (κ3) is 7.61. The summed E-state index contributed by atoms with van der Waals surface area (Å²) in [5.74, 6) is 0.191. The van der Waals surface area contributed by atoms with E-state index in [0.717, 1.165) is 41.9 Å². The van der Waals surface area contributed by atoms with Crippen molar-refractivity contribution in [1.29, 1.82) is 0 Å². The smallest absolute Gasteiger partial charge is 0.335 e. The lowest BCUT2D eigenvalue weighted by Crippen LogP contribution is -2.34. The molecule has 2 N–H and O–H groups in total. The highest BCUT2D eigenvalue weighted by molar-refractivity contribution is 7.80. The Morgan fingerprint density at radius 3 is 2.43 bits per heavy atom. The summed E-state index contributed by atoms with van der Waals surface area (Å²) in [4.78, 5) is 28.6. The molecule has 8 heteroatoms. The summed E-state index contributed by atoms with van der Waals surface area (Å²) in [5.41, 5.74) is 3.07. The van der Waals surface area contributed by atoms with Gasteiger partial charge in [0.05, 0.1) is 23.7 Å². The van der Waals surface area contributed by atoms with Crippen LogP contribution in [0.2, 0.25) is 5.15 Å². The molecule has 0 fully saturated rings. The Morgan fingerprint density at radius 2 is 1.80 bits per heavy atom. The van der Waals surface area contributed by atoms with Crippen LogP contribution in [-0.2, 0) is 30.6 Å². The van der Waals surface area contributed by atoms with E-state index in [2.05, 4.69) is 24.9 Å². The number of amides is 1. The van der Waals surface area contributed by atoms with E-state index in [0.29, 0.717) is 36.8 Å². The Morgan fingerprint density at radius 1 is 1.09 bits per heavy atom. The SMILES string of the molecule is CCCCc1nc(CCNC(=O)C(CS)Cc2ccccc2)c(Cl)n1Cc1ccc(C(=O)O)cc1. The number of nitrogens with one attached hydrogen (secondary N) is 1. The molecule has 186 valence electrons. The number of thiol groups is 1. The summed E-state index contributed by atoms with van der Waals surface area (Å²) in [6.45, 7) is 3.08. The van der Waals surface area contributed by atoms with Crippen LogP contribution in [0.5, 0.6) is 0 Å². The van der Waals surface area contributed by atoms with E-state index >= 15 is 0 Å². The third-order valence-corrected chi connectivity index (χ3v) is 6.79. The molecule has 0 aliphatic heterocycles. The molecule has 3 aromatic rings. The number of carbonyl (C=O) groups excluding carboxylic acids is 1. The van der Waals surface area contributed by atoms with Gasteiger partial charge in [-0.05, 0) is 36.1 Å². The van der Waals surface area contributed by atoms with Gasteiger partial charge in [-0.25, -0.2) is 9.78 Å². The molecule has 1 amide bonds. The van der Waals surface area contributed by atoms with Gasteiger partial charge in [-0.2, -0.15) is 12.6 Å². The molecular formula is C27H32ClN3O3S. The zero-order valence-electron chi connectivity index (χ0n) is 19.9. The molecule has 0 bridgehead atoms. The predicted octanol–water partition coefficient (Wildman–Crippen LogP) is 5.07. The Balaban J connectivity index is 1.65. The van der Waals surface area contributed by atoms with E-state index in [-0.39, 0.29) is 17.4 Å². The van der Waals surface area contributed by atoms with Crippen molar-refractivity contribution in [2.45, 2.75) is 45.6 Å². The molecule has 1 aromatic heterocycles. The van der Waals surface area contributed by atoms with Crippen molar-refractivity contribution in [2.75, 3.05) is 12.3 Å². The number of halogens is 1. The maximum atomic E-state index is 12.7. The summed E-state index contributed by atoms with van der Waals surface area (Å²) in [7, 11) is 0. The van der Waals surface area contributed by atoms with Crippen LogP contribution in [0.3, 0.4) is 0 Å². The number of carboxylic acids is 1. The number of unbranched alkanes of at least 4 members (excludes halogenated alkanes) is 1. The van der Waals surface area contributed by atoms with Gasteiger partial charge in [0.2, 0.25) is 5.91 Å². The first-order valence-corrected chi connectivity index (χ1v) is 12.9. The van der Waals surface area contributed by atoms with Crippen molar-refractivity contribution < 1.29 is 14.7 Å². The topological polar surface area (TPSA) is 84.2 Å². The number of rotatable bonds is 13. The number of nitrogens with zero attached hydrogens (tertiary/aromatic N) is 2. The molecular weight excluding hydrogens is 482 g/mol. The molecule has 1 unspecified atom stereocenters. The lowest BCUT2D eigenvalue weighted by Gasteiger charge is -2.14. The minimum absolute atomic E-state index is 0.0239. The number of aromatic carboxylic acids is 1. The molecule has 0 saturated carbocycles. The number of hydrogen-bond acceptors (Lipinski definition) is 4. The second kappa shape index (κ2) is 13.4. The van der Waals surface area contributed by atoms with Gasteiger partial charge in [-0.1, -0.05) is 67.4 Å². The largest absolute Gasteiger partial charge is 0.478 e. The molecule has 0 aliphatic carbocycles. The summed E-state index contributed by atoms with van der Waals surface area (Å²) < 4.78 is 1.98. The normalized spacial score (nSPS) is 11.9. The summed E-state index contributed by atoms with van der Waals surface area (Å²) in [5, 5.41) is 12.7. The van der Waals surface area contributed by atoms with E-state index in [1.54, 1.807) is 24.3 Å². The minimum Gasteiger partial charge on any atom is -0.478 e. The Bertz CT molecular complexity index is 1120. The number of aryl methyl sites for hydroxylation is 1. The van der Waals surface area contributed by atoms with Crippen LogP contribution in [-0.4, -0.2) is 38.8 Å². The van der Waals surface area contributed by atoms with Crippen LogP contribution in [0, 0.1) is 5.92 Å². The zero-order valence-corrected chi connectivity index (χ0v) is 21.6. The fourth-order valence-electron chi connectivity index (χ4n) is 3.90. The summed E-state index contributed by atoms with van der Waals surface area (Å²) in [6, 6.07) is 16.7. The maximum Gasteiger partial charge on any atom is 0.335 e. The van der Waals surface area contributed by atoms with Crippen LogP contribution in [0.1, 0.15) is 52.8 Å². The molecule has 1 atom stereocenters. The number of aromatic nitrogens is 2. The third-order valence-electron chi connectivity index (χ3n) is 5.92. The first-order chi connectivity index (χ1) is 16.9. The zero-order chi connectivity index (χ0) is 25.2. The fourth-order valence-corrected chi connectivity index (χ4v) is 4.49. The number of carbonyl (C=O) groups is 2. The maximum absolute atomic E-state index is 12.7. The van der Waals surface area contributed by atoms with Gasteiger partial charge in [-0.3, -0.25) is 4.79 Å². The van der Waals surface area contributed by atoms with Crippen LogP contribution in [0.25, 0.3) is 0 Å². The standard InChI is InChI=1S/C27H32ClN3O3S/c1-2-3-9-24-30-23(25(28)31(24)17-20-10-12-21(13-11-20)27(33)34)14-15-29-26(32)22(18-35)16-19-7-5-4-6-8-19/h4-8,10-13,22,35H,2-3,9,14-18H2,1H3,(H,29,32)(H,33,34). The van der Waals surface area contributed by atoms with Crippen LogP contribution in [0.15, 0.2) is 54.6 Å². The van der Waals surface area contributed by atoms with Crippen molar-refractivity contribution in [3.63, 3.8) is 0 Å². The molecule has 0 spiro atoms. The van der Waals surface area contributed by atoms with Gasteiger partial charge >= 0.3 is 5.97 Å². The van der Waals surface area contributed by atoms with E-state index in [4.69, 9.17) is 21.7 Å². The van der Waals surface area contributed by atoms with Crippen molar-refractivity contribution in [3.8, 4) is 0 Å². The van der Waals surface area contributed by atoms with E-state index in [1.807, 2.05) is 34.9 Å². The van der Waals surface area contributed by atoms with E-state index in [9.17, 15) is 9.59 Å². The van der Waals surface area contributed by atoms with E-state index < -0.39 is 5.97 Å². The van der Waals surface area contributed by atoms with Gasteiger partial charge in [0, 0.05) is 25.1 Å². The molecule has 0 saturated heterocycles. The molecule has 3 rings (SSSR count). The van der Waals surface area contributed by atoms with Crippen molar-refractivity contribution in [3.05, 3.63) is 88.0 Å². The van der Waals surface area contributed by atoms with Crippen LogP contribution < -0.4 is 5.32 Å². The molecule has 0 aliphatic rings. The lowest BCUT2D eigenvalue weighted by atomic mass is 10.0. The lowest BCUT2D eigenvalue weighted by molar-refractivity contribution is -0.124. The van der Waals surface area contributed by atoms with Crippen LogP contribution in [0.4, 0.5) is 0 Å². The summed E-state index contributed by atoms with van der Waals surface area (Å²) >= 11 is 11.1. The molecule has 35 heavy (non-hydrogen) atoms. The monoisotopic (exact) mass is 513 g/mol. The van der Waals surface area contributed by atoms with Gasteiger partial charge in [0.1, 0.15) is 11.0 Å². The molecule has 2 aromatic carbocycles. The minimum atomic E-state index is -0.950. The number of imidazole rings is 1. The second-order valence-electron chi connectivity index (χ2n) is 8.57. The highest BCUT2D eigenvalue weighted by Crippen LogP contribution is 2.22. The molecule has 1 heterocycles. The Hall–Kier alpha value is -2.77. The van der Waals surface area contributed by atoms with Crippen molar-refractivity contribution >= 4 is 36.1 Å². The van der Waals surface area contributed by atoms with Crippen molar-refractivity contribution in [2.24, 2.45) is 5.92 Å². The number of benzene rings is 2. The Labute approximate surface area is 217 Å². The van der Waals surface area contributed by atoms with Gasteiger partial charge < -0.3 is 15.0 Å². The van der Waals surface area contributed by atoms with Crippen molar-refractivity contribution in [1.82, 2.24) is 14.9 Å². The first-order valence-electron chi connectivity index (χ1n) is 11.9. The first kappa shape index (κ1) is 26.8.